The lowest BCUT2D eigenvalue weighted by atomic mass is 10.1. The summed E-state index contributed by atoms with van der Waals surface area (Å²) in [6, 6.07) is 7.87. The molecule has 0 radical (unpaired) electrons. The van der Waals surface area contributed by atoms with Crippen LogP contribution in [-0.2, 0) is 0 Å². The third-order valence-electron chi connectivity index (χ3n) is 2.90. The lowest BCUT2D eigenvalue weighted by molar-refractivity contribution is 0.413. The van der Waals surface area contributed by atoms with Gasteiger partial charge in [0.25, 0.3) is 0 Å². The van der Waals surface area contributed by atoms with E-state index in [0.717, 1.165) is 16.5 Å². The minimum Gasteiger partial charge on any atom is -0.490 e. The summed E-state index contributed by atoms with van der Waals surface area (Å²) >= 11 is 5.99. The lowest BCUT2D eigenvalue weighted by Gasteiger charge is -2.12. The predicted octanol–water partition coefficient (Wildman–Crippen LogP) is 3.43. The monoisotopic (exact) mass is 286 g/mol. The smallest absolute Gasteiger partial charge is 0.199 e. The number of hydrogen-bond donors (Lipinski definition) is 1. The highest BCUT2D eigenvalue weighted by Crippen LogP contribution is 2.32. The van der Waals surface area contributed by atoms with Gasteiger partial charge in [-0.05, 0) is 17.5 Å². The average molecular weight is 287 g/mol. The van der Waals surface area contributed by atoms with Crippen molar-refractivity contribution in [1.82, 2.24) is 15.0 Å². The zero-order chi connectivity index (χ0) is 13.9. The van der Waals surface area contributed by atoms with Gasteiger partial charge >= 0.3 is 0 Å². The molecule has 100 valence electrons. The Morgan fingerprint density at radius 2 is 2.10 bits per heavy atom. The molecule has 6 heteroatoms. The Hall–Kier alpha value is -2.40. The predicted molar refractivity (Wildman–Crippen MR) is 78.6 cm³/mol. The van der Waals surface area contributed by atoms with Gasteiger partial charge in [0.15, 0.2) is 16.7 Å². The first-order valence-electron chi connectivity index (χ1n) is 5.94. The van der Waals surface area contributed by atoms with Crippen molar-refractivity contribution in [2.24, 2.45) is 0 Å². The van der Waals surface area contributed by atoms with E-state index >= 15 is 0 Å². The van der Waals surface area contributed by atoms with Crippen molar-refractivity contribution in [3.8, 4) is 5.75 Å². The first-order chi connectivity index (χ1) is 9.79. The summed E-state index contributed by atoms with van der Waals surface area (Å²) in [5.41, 5.74) is 0.878. The van der Waals surface area contributed by atoms with Gasteiger partial charge in [-0.3, -0.25) is 4.98 Å². The molecule has 0 unspecified atom stereocenters. The zero-order valence-electron chi connectivity index (χ0n) is 10.7. The minimum absolute atomic E-state index is 0.267. The summed E-state index contributed by atoms with van der Waals surface area (Å²) in [4.78, 5) is 12.2. The number of nitrogens with zero attached hydrogens (tertiary/aromatic N) is 3. The van der Waals surface area contributed by atoms with Crippen LogP contribution in [0.5, 0.6) is 5.75 Å². The van der Waals surface area contributed by atoms with Gasteiger partial charge in [0.1, 0.15) is 6.33 Å². The number of rotatable bonds is 3. The van der Waals surface area contributed by atoms with Crippen LogP contribution >= 0.6 is 11.6 Å². The summed E-state index contributed by atoms with van der Waals surface area (Å²) in [7, 11) is 1.53. The van der Waals surface area contributed by atoms with Crippen LogP contribution in [0, 0.1) is 0 Å². The molecule has 0 aliphatic carbocycles. The molecule has 0 aliphatic rings. The summed E-state index contributed by atoms with van der Waals surface area (Å²) in [6.45, 7) is 0. The van der Waals surface area contributed by atoms with E-state index in [0.29, 0.717) is 11.6 Å². The summed E-state index contributed by atoms with van der Waals surface area (Å²) < 4.78 is 5.23. The van der Waals surface area contributed by atoms with Crippen LogP contribution in [0.15, 0.2) is 43.0 Å². The third kappa shape index (κ3) is 2.23. The Labute approximate surface area is 120 Å². The second kappa shape index (κ2) is 5.30. The molecule has 0 amide bonds. The van der Waals surface area contributed by atoms with Crippen LogP contribution in [0.3, 0.4) is 0 Å². The van der Waals surface area contributed by atoms with E-state index in [1.54, 1.807) is 12.4 Å². The van der Waals surface area contributed by atoms with Crippen molar-refractivity contribution in [3.05, 3.63) is 48.1 Å². The summed E-state index contributed by atoms with van der Waals surface area (Å²) in [5, 5.41) is 5.55. The van der Waals surface area contributed by atoms with Crippen LogP contribution in [0.25, 0.3) is 10.8 Å². The molecular formula is C14H11ClN4O. The maximum atomic E-state index is 5.99. The molecule has 1 aromatic carbocycles. The van der Waals surface area contributed by atoms with Crippen molar-refractivity contribution in [2.45, 2.75) is 0 Å². The van der Waals surface area contributed by atoms with E-state index in [9.17, 15) is 0 Å². The standard InChI is InChI=1S/C14H11ClN4O/c1-20-12-13(15)17-8-18-14(12)19-11-4-2-3-9-5-6-16-7-10(9)11/h2-8H,1H3,(H,17,18,19). The molecule has 0 aliphatic heterocycles. The largest absolute Gasteiger partial charge is 0.490 e. The number of benzene rings is 1. The van der Waals surface area contributed by atoms with Gasteiger partial charge in [0, 0.05) is 23.5 Å². The minimum atomic E-state index is 0.267. The number of fused-ring (bicyclic) bond motifs is 1. The van der Waals surface area contributed by atoms with Gasteiger partial charge in [-0.25, -0.2) is 9.97 Å². The van der Waals surface area contributed by atoms with E-state index in [1.807, 2.05) is 24.3 Å². The van der Waals surface area contributed by atoms with E-state index in [4.69, 9.17) is 16.3 Å². The number of pyridine rings is 1. The van der Waals surface area contributed by atoms with Crippen LogP contribution in [0.1, 0.15) is 0 Å². The van der Waals surface area contributed by atoms with Gasteiger partial charge in [0.2, 0.25) is 0 Å². The Morgan fingerprint density at radius 3 is 2.95 bits per heavy atom. The number of aromatic nitrogens is 3. The molecule has 2 aromatic heterocycles. The van der Waals surface area contributed by atoms with Gasteiger partial charge in [-0.15, -0.1) is 0 Å². The molecule has 3 aromatic rings. The Bertz CT molecular complexity index is 758. The molecule has 2 heterocycles. The Kier molecular flexibility index (Phi) is 3.35. The lowest BCUT2D eigenvalue weighted by Crippen LogP contribution is -1.99. The molecule has 0 fully saturated rings. The SMILES string of the molecule is COc1c(Cl)ncnc1Nc1cccc2ccncc12. The maximum Gasteiger partial charge on any atom is 0.199 e. The van der Waals surface area contributed by atoms with Gasteiger partial charge in [-0.2, -0.15) is 0 Å². The number of halogens is 1. The van der Waals surface area contributed by atoms with Gasteiger partial charge < -0.3 is 10.1 Å². The molecule has 0 saturated carbocycles. The molecule has 20 heavy (non-hydrogen) atoms. The number of anilines is 2. The van der Waals surface area contributed by atoms with Gasteiger partial charge in [0.05, 0.1) is 7.11 Å². The van der Waals surface area contributed by atoms with Crippen molar-refractivity contribution in [1.29, 1.82) is 0 Å². The second-order valence-corrected chi connectivity index (χ2v) is 4.43. The molecule has 1 N–H and O–H groups in total. The topological polar surface area (TPSA) is 59.9 Å². The van der Waals surface area contributed by atoms with Gasteiger partial charge in [-0.1, -0.05) is 23.7 Å². The number of ether oxygens (including phenoxy) is 1. The van der Waals surface area contributed by atoms with Crippen molar-refractivity contribution in [3.63, 3.8) is 0 Å². The number of hydrogen-bond acceptors (Lipinski definition) is 5. The van der Waals surface area contributed by atoms with E-state index < -0.39 is 0 Å². The third-order valence-corrected chi connectivity index (χ3v) is 3.17. The number of methoxy groups -OCH3 is 1. The summed E-state index contributed by atoms with van der Waals surface area (Å²) in [5.74, 6) is 0.930. The molecule has 0 spiro atoms. The first-order valence-corrected chi connectivity index (χ1v) is 6.31. The first kappa shape index (κ1) is 12.6. The van der Waals surface area contributed by atoms with E-state index in [2.05, 4.69) is 20.3 Å². The van der Waals surface area contributed by atoms with Crippen molar-refractivity contribution in [2.75, 3.05) is 12.4 Å². The van der Waals surface area contributed by atoms with E-state index in [1.165, 1.54) is 13.4 Å². The quantitative estimate of drug-likeness (QED) is 0.748. The fourth-order valence-corrected chi connectivity index (χ4v) is 2.18. The van der Waals surface area contributed by atoms with Crippen molar-refractivity contribution < 1.29 is 4.74 Å². The molecule has 3 rings (SSSR count). The van der Waals surface area contributed by atoms with Crippen LogP contribution in [0.2, 0.25) is 5.15 Å². The molecule has 0 atom stereocenters. The normalized spacial score (nSPS) is 10.5. The zero-order valence-corrected chi connectivity index (χ0v) is 11.4. The highest BCUT2D eigenvalue weighted by molar-refractivity contribution is 6.31. The highest BCUT2D eigenvalue weighted by atomic mass is 35.5. The maximum absolute atomic E-state index is 5.99. The summed E-state index contributed by atoms with van der Waals surface area (Å²) in [6.07, 6.45) is 4.94. The fourth-order valence-electron chi connectivity index (χ4n) is 1.97. The van der Waals surface area contributed by atoms with Crippen LogP contribution in [0.4, 0.5) is 11.5 Å². The molecule has 0 saturated heterocycles. The second-order valence-electron chi connectivity index (χ2n) is 4.07. The molecule has 0 bridgehead atoms. The van der Waals surface area contributed by atoms with Crippen LogP contribution in [-0.4, -0.2) is 22.1 Å². The van der Waals surface area contributed by atoms with Crippen molar-refractivity contribution >= 4 is 33.9 Å². The average Bonchev–Trinajstić information content (AvgIpc) is 2.48. The Balaban J connectivity index is 2.08. The molecule has 5 nitrogen and oxygen atoms in total. The molecular weight excluding hydrogens is 276 g/mol. The Morgan fingerprint density at radius 1 is 1.20 bits per heavy atom. The van der Waals surface area contributed by atoms with Crippen LogP contribution < -0.4 is 10.1 Å². The highest BCUT2D eigenvalue weighted by Gasteiger charge is 2.11. The fraction of sp³-hybridized carbons (Fsp3) is 0.0714. The van der Waals surface area contributed by atoms with E-state index in [-0.39, 0.29) is 5.15 Å². The number of nitrogens with one attached hydrogen (secondary N) is 1.